The number of aromatic nitrogens is 2. The van der Waals surface area contributed by atoms with E-state index in [2.05, 4.69) is 20.9 Å². The second-order valence-electron chi connectivity index (χ2n) is 7.95. The van der Waals surface area contributed by atoms with Crippen LogP contribution in [0.1, 0.15) is 41.9 Å². The fourth-order valence-corrected chi connectivity index (χ4v) is 4.73. The molecule has 1 aromatic heterocycles. The largest absolute Gasteiger partial charge is 0.496 e. The standard InChI is InChI=1S/C23H26N4O2/c1-29-21-9-5-4-8-18(21)23(28)24-16-10-11-20-19(14-16)25-22-15-26(12-13-27(20)22)17-6-2-3-7-17/h4-5,8-11,14,17H,2-3,6-7,12-13,15H2,1H3,(H,24,28). The quantitative estimate of drug-likeness (QED) is 0.730. The molecule has 6 heteroatoms. The van der Waals surface area contributed by atoms with Gasteiger partial charge in [-0.1, -0.05) is 25.0 Å². The number of anilines is 1. The third kappa shape index (κ3) is 3.38. The monoisotopic (exact) mass is 390 g/mol. The van der Waals surface area contributed by atoms with E-state index in [-0.39, 0.29) is 5.91 Å². The molecular weight excluding hydrogens is 364 g/mol. The van der Waals surface area contributed by atoms with Gasteiger partial charge in [-0.25, -0.2) is 4.98 Å². The summed E-state index contributed by atoms with van der Waals surface area (Å²) in [5, 5.41) is 2.98. The van der Waals surface area contributed by atoms with Crippen LogP contribution >= 0.6 is 0 Å². The molecule has 1 saturated carbocycles. The number of benzene rings is 2. The number of hydrogen-bond acceptors (Lipinski definition) is 4. The summed E-state index contributed by atoms with van der Waals surface area (Å²) >= 11 is 0. The first-order valence-electron chi connectivity index (χ1n) is 10.4. The van der Waals surface area contributed by atoms with Gasteiger partial charge < -0.3 is 14.6 Å². The minimum atomic E-state index is -0.182. The lowest BCUT2D eigenvalue weighted by atomic mass is 10.1. The summed E-state index contributed by atoms with van der Waals surface area (Å²) in [5.41, 5.74) is 3.34. The molecule has 1 N–H and O–H groups in total. The minimum absolute atomic E-state index is 0.182. The Balaban J connectivity index is 1.38. The van der Waals surface area contributed by atoms with E-state index in [0.717, 1.165) is 48.2 Å². The summed E-state index contributed by atoms with van der Waals surface area (Å²) in [6.45, 7) is 2.99. The van der Waals surface area contributed by atoms with E-state index in [4.69, 9.17) is 9.72 Å². The predicted octanol–water partition coefficient (Wildman–Crippen LogP) is 4.06. The van der Waals surface area contributed by atoms with Gasteiger partial charge >= 0.3 is 0 Å². The van der Waals surface area contributed by atoms with Crippen molar-refractivity contribution in [1.82, 2.24) is 14.5 Å². The van der Waals surface area contributed by atoms with Crippen LogP contribution in [0.2, 0.25) is 0 Å². The van der Waals surface area contributed by atoms with E-state index in [9.17, 15) is 4.79 Å². The Morgan fingerprint density at radius 2 is 1.97 bits per heavy atom. The lowest BCUT2D eigenvalue weighted by Gasteiger charge is -2.32. The molecule has 0 saturated heterocycles. The van der Waals surface area contributed by atoms with Gasteiger partial charge in [0.15, 0.2) is 0 Å². The smallest absolute Gasteiger partial charge is 0.259 e. The summed E-state index contributed by atoms with van der Waals surface area (Å²) in [4.78, 5) is 20.2. The lowest BCUT2D eigenvalue weighted by Crippen LogP contribution is -2.39. The molecule has 0 atom stereocenters. The van der Waals surface area contributed by atoms with Gasteiger partial charge in [-0.2, -0.15) is 0 Å². The fraction of sp³-hybridized carbons (Fsp3) is 0.391. The van der Waals surface area contributed by atoms with Crippen molar-refractivity contribution in [2.24, 2.45) is 0 Å². The average Bonchev–Trinajstić information content (AvgIpc) is 3.40. The molecule has 1 aliphatic carbocycles. The van der Waals surface area contributed by atoms with E-state index < -0.39 is 0 Å². The van der Waals surface area contributed by atoms with Crippen molar-refractivity contribution in [3.05, 3.63) is 53.9 Å². The molecule has 0 bridgehead atoms. The van der Waals surface area contributed by atoms with Crippen LogP contribution in [0, 0.1) is 0 Å². The van der Waals surface area contributed by atoms with Gasteiger partial charge in [-0.05, 0) is 43.2 Å². The summed E-state index contributed by atoms with van der Waals surface area (Å²) in [6.07, 6.45) is 5.35. The van der Waals surface area contributed by atoms with Crippen LogP contribution in [0.3, 0.4) is 0 Å². The third-order valence-electron chi connectivity index (χ3n) is 6.23. The van der Waals surface area contributed by atoms with Crippen molar-refractivity contribution < 1.29 is 9.53 Å². The van der Waals surface area contributed by atoms with E-state index in [0.29, 0.717) is 11.3 Å². The number of para-hydroxylation sites is 1. The van der Waals surface area contributed by atoms with Gasteiger partial charge in [-0.15, -0.1) is 0 Å². The van der Waals surface area contributed by atoms with Crippen molar-refractivity contribution in [3.63, 3.8) is 0 Å². The minimum Gasteiger partial charge on any atom is -0.496 e. The van der Waals surface area contributed by atoms with Crippen LogP contribution < -0.4 is 10.1 Å². The number of fused-ring (bicyclic) bond motifs is 3. The molecule has 150 valence electrons. The van der Waals surface area contributed by atoms with Gasteiger partial charge in [0.1, 0.15) is 11.6 Å². The van der Waals surface area contributed by atoms with E-state index in [1.807, 2.05) is 24.3 Å². The van der Waals surface area contributed by atoms with Crippen LogP contribution in [0.15, 0.2) is 42.5 Å². The lowest BCUT2D eigenvalue weighted by molar-refractivity contribution is 0.102. The van der Waals surface area contributed by atoms with Crippen molar-refractivity contribution in [1.29, 1.82) is 0 Å². The maximum absolute atomic E-state index is 12.7. The van der Waals surface area contributed by atoms with Gasteiger partial charge in [0.05, 0.1) is 30.3 Å². The summed E-state index contributed by atoms with van der Waals surface area (Å²) in [5.74, 6) is 1.51. The Hall–Kier alpha value is -2.86. The number of carbonyl (C=O) groups excluding carboxylic acids is 1. The van der Waals surface area contributed by atoms with Crippen LogP contribution in [-0.2, 0) is 13.1 Å². The predicted molar refractivity (Wildman–Crippen MR) is 113 cm³/mol. The third-order valence-corrected chi connectivity index (χ3v) is 6.23. The molecule has 0 spiro atoms. The maximum atomic E-state index is 12.7. The van der Waals surface area contributed by atoms with Crippen molar-refractivity contribution >= 4 is 22.6 Å². The summed E-state index contributed by atoms with van der Waals surface area (Å²) in [7, 11) is 1.57. The molecule has 1 aliphatic heterocycles. The number of hydrogen-bond donors (Lipinski definition) is 1. The molecule has 2 heterocycles. The Labute approximate surface area is 170 Å². The highest BCUT2D eigenvalue weighted by Gasteiger charge is 2.27. The van der Waals surface area contributed by atoms with Crippen molar-refractivity contribution in [2.45, 2.75) is 44.8 Å². The fourth-order valence-electron chi connectivity index (χ4n) is 4.73. The number of nitrogens with zero attached hydrogens (tertiary/aromatic N) is 3. The molecule has 2 aromatic carbocycles. The number of ether oxygens (including phenoxy) is 1. The van der Waals surface area contributed by atoms with Crippen molar-refractivity contribution in [3.8, 4) is 5.75 Å². The normalized spacial score (nSPS) is 17.4. The van der Waals surface area contributed by atoms with Gasteiger partial charge in [0.25, 0.3) is 5.91 Å². The number of rotatable bonds is 4. The van der Waals surface area contributed by atoms with Crippen molar-refractivity contribution in [2.75, 3.05) is 19.0 Å². The molecule has 1 fully saturated rings. The van der Waals surface area contributed by atoms with Crippen LogP contribution in [0.5, 0.6) is 5.75 Å². The number of nitrogens with one attached hydrogen (secondary N) is 1. The molecule has 29 heavy (non-hydrogen) atoms. The molecule has 5 rings (SSSR count). The Bertz CT molecular complexity index is 1050. The number of imidazole rings is 1. The van der Waals surface area contributed by atoms with Gasteiger partial charge in [-0.3, -0.25) is 9.69 Å². The van der Waals surface area contributed by atoms with Crippen LogP contribution in [0.25, 0.3) is 11.0 Å². The zero-order valence-electron chi connectivity index (χ0n) is 16.7. The first kappa shape index (κ1) is 18.2. The number of carbonyl (C=O) groups is 1. The average molecular weight is 390 g/mol. The first-order chi connectivity index (χ1) is 14.2. The highest BCUT2D eigenvalue weighted by atomic mass is 16.5. The molecule has 3 aromatic rings. The summed E-state index contributed by atoms with van der Waals surface area (Å²) in [6, 6.07) is 13.9. The Morgan fingerprint density at radius 1 is 1.14 bits per heavy atom. The zero-order chi connectivity index (χ0) is 19.8. The molecule has 0 unspecified atom stereocenters. The Morgan fingerprint density at radius 3 is 2.79 bits per heavy atom. The topological polar surface area (TPSA) is 59.4 Å². The van der Waals surface area contributed by atoms with Crippen LogP contribution in [0.4, 0.5) is 5.69 Å². The van der Waals surface area contributed by atoms with Gasteiger partial charge in [0.2, 0.25) is 0 Å². The molecule has 0 radical (unpaired) electrons. The van der Waals surface area contributed by atoms with E-state index in [1.54, 1.807) is 19.2 Å². The first-order valence-corrected chi connectivity index (χ1v) is 10.4. The highest BCUT2D eigenvalue weighted by Crippen LogP contribution is 2.29. The van der Waals surface area contributed by atoms with Crippen LogP contribution in [-0.4, -0.2) is 40.1 Å². The number of methoxy groups -OCH3 is 1. The molecule has 6 nitrogen and oxygen atoms in total. The van der Waals surface area contributed by atoms with Gasteiger partial charge in [0, 0.05) is 24.8 Å². The second-order valence-corrected chi connectivity index (χ2v) is 7.95. The zero-order valence-corrected chi connectivity index (χ0v) is 16.7. The van der Waals surface area contributed by atoms with E-state index >= 15 is 0 Å². The van der Waals surface area contributed by atoms with E-state index in [1.165, 1.54) is 25.7 Å². The Kier molecular flexibility index (Phi) is 4.72. The molecular formula is C23H26N4O2. The second kappa shape index (κ2) is 7.52. The summed E-state index contributed by atoms with van der Waals surface area (Å²) < 4.78 is 7.63. The number of amides is 1. The highest BCUT2D eigenvalue weighted by molar-refractivity contribution is 6.06. The maximum Gasteiger partial charge on any atom is 0.259 e. The molecule has 2 aliphatic rings. The SMILES string of the molecule is COc1ccccc1C(=O)Nc1ccc2c(c1)nc1n2CCN(C2CCCC2)C1. The molecule has 1 amide bonds.